The van der Waals surface area contributed by atoms with Crippen molar-refractivity contribution in [3.05, 3.63) is 155 Å². The Morgan fingerprint density at radius 2 is 0.867 bits per heavy atom. The Balaban J connectivity index is 1.33. The van der Waals surface area contributed by atoms with Gasteiger partial charge in [-0.25, -0.2) is 0 Å². The molecule has 222 valence electrons. The van der Waals surface area contributed by atoms with Crippen LogP contribution in [0.4, 0.5) is 20.2 Å². The quantitative estimate of drug-likeness (QED) is 0.113. The predicted octanol–water partition coefficient (Wildman–Crippen LogP) is 8.49. The fourth-order valence-corrected chi connectivity index (χ4v) is 6.10. The van der Waals surface area contributed by atoms with Crippen LogP contribution in [-0.2, 0) is 5.41 Å². The van der Waals surface area contributed by atoms with Gasteiger partial charge in [0.15, 0.2) is 23.0 Å². The first-order valence-corrected chi connectivity index (χ1v) is 14.1. The maximum Gasteiger partial charge on any atom is 0.209 e. The van der Waals surface area contributed by atoms with E-state index in [2.05, 4.69) is 24.3 Å². The molecular weight excluding hydrogens is 574 g/mol. The van der Waals surface area contributed by atoms with E-state index in [-0.39, 0.29) is 22.9 Å². The topological polar surface area (TPSA) is 111 Å². The third-order valence-corrected chi connectivity index (χ3v) is 8.21. The highest BCUT2D eigenvalue weighted by atomic mass is 19.1. The molecule has 6 aromatic rings. The van der Waals surface area contributed by atoms with Gasteiger partial charge in [0.25, 0.3) is 0 Å². The van der Waals surface area contributed by atoms with Gasteiger partial charge in [-0.2, -0.15) is 8.78 Å². The summed E-state index contributed by atoms with van der Waals surface area (Å²) < 4.78 is 40.8. The number of rotatable bonds is 6. The van der Waals surface area contributed by atoms with Crippen LogP contribution in [0.3, 0.4) is 0 Å². The normalized spacial score (nSPS) is 12.8. The largest absolute Gasteiger partial charge is 0.503 e. The molecule has 0 fully saturated rings. The number of phenols is 2. The molecule has 0 radical (unpaired) electrons. The number of halogens is 2. The summed E-state index contributed by atoms with van der Waals surface area (Å²) in [5.74, 6) is -2.76. The summed E-state index contributed by atoms with van der Waals surface area (Å²) in [6.45, 7) is 0. The molecule has 0 bridgehead atoms. The van der Waals surface area contributed by atoms with Crippen molar-refractivity contribution >= 4 is 11.4 Å². The highest BCUT2D eigenvalue weighted by Gasteiger charge is 2.45. The molecule has 6 nitrogen and oxygen atoms in total. The van der Waals surface area contributed by atoms with Gasteiger partial charge in [-0.05, 0) is 81.9 Å². The molecule has 0 spiro atoms. The van der Waals surface area contributed by atoms with Crippen LogP contribution in [0, 0.1) is 11.6 Å². The minimum Gasteiger partial charge on any atom is -0.503 e. The zero-order valence-corrected chi connectivity index (χ0v) is 23.7. The molecule has 0 amide bonds. The Hall–Kier alpha value is -6.02. The van der Waals surface area contributed by atoms with E-state index < -0.39 is 28.5 Å². The molecule has 45 heavy (non-hydrogen) atoms. The second-order valence-electron chi connectivity index (χ2n) is 10.7. The van der Waals surface area contributed by atoms with Gasteiger partial charge in [-0.1, -0.05) is 72.8 Å². The number of hydrogen-bond donors (Lipinski definition) is 4. The van der Waals surface area contributed by atoms with Crippen molar-refractivity contribution in [3.8, 4) is 45.6 Å². The first kappa shape index (κ1) is 27.8. The number of fused-ring (bicyclic) bond motifs is 3. The van der Waals surface area contributed by atoms with E-state index in [1.807, 2.05) is 48.5 Å². The van der Waals surface area contributed by atoms with Gasteiger partial charge >= 0.3 is 0 Å². The Morgan fingerprint density at radius 1 is 0.489 bits per heavy atom. The minimum atomic E-state index is -0.939. The molecule has 6 aromatic carbocycles. The molecule has 1 aliphatic rings. The van der Waals surface area contributed by atoms with E-state index in [1.165, 1.54) is 24.3 Å². The monoisotopic (exact) mass is 600 g/mol. The number of anilines is 2. The lowest BCUT2D eigenvalue weighted by Crippen LogP contribution is -2.28. The Labute approximate surface area is 257 Å². The first-order valence-electron chi connectivity index (χ1n) is 14.1. The lowest BCUT2D eigenvalue weighted by molar-refractivity contribution is 0.397. The van der Waals surface area contributed by atoms with Gasteiger partial charge in [0.05, 0.1) is 16.8 Å². The Kier molecular flexibility index (Phi) is 6.55. The molecule has 8 heteroatoms. The maximum atomic E-state index is 14.6. The summed E-state index contributed by atoms with van der Waals surface area (Å²) >= 11 is 0. The van der Waals surface area contributed by atoms with E-state index in [0.717, 1.165) is 33.4 Å². The van der Waals surface area contributed by atoms with Crippen LogP contribution < -0.4 is 20.9 Å². The van der Waals surface area contributed by atoms with Crippen LogP contribution >= 0.6 is 0 Å². The van der Waals surface area contributed by atoms with Crippen LogP contribution in [0.5, 0.6) is 34.5 Å². The third kappa shape index (κ3) is 4.38. The Bertz CT molecular complexity index is 1930. The second-order valence-corrected chi connectivity index (χ2v) is 10.7. The van der Waals surface area contributed by atoms with Gasteiger partial charge in [0.1, 0.15) is 11.5 Å². The van der Waals surface area contributed by atoms with Crippen molar-refractivity contribution in [2.24, 2.45) is 0 Å². The van der Waals surface area contributed by atoms with E-state index in [1.54, 1.807) is 24.3 Å². The van der Waals surface area contributed by atoms with Crippen LogP contribution in [0.15, 0.2) is 121 Å². The maximum absolute atomic E-state index is 14.6. The van der Waals surface area contributed by atoms with Crippen LogP contribution in [0.25, 0.3) is 11.1 Å². The number of nitrogen functional groups attached to an aromatic ring is 2. The molecule has 0 aromatic heterocycles. The number of nitrogens with two attached hydrogens (primary N) is 2. The molecule has 0 aliphatic heterocycles. The highest BCUT2D eigenvalue weighted by molar-refractivity contribution is 5.86. The fraction of sp³-hybridized carbons (Fsp3) is 0.0270. The fourth-order valence-electron chi connectivity index (χ4n) is 6.10. The smallest absolute Gasteiger partial charge is 0.209 e. The van der Waals surface area contributed by atoms with Crippen LogP contribution in [-0.4, -0.2) is 10.2 Å². The number of phenolic OH excluding ortho intramolecular Hbond substituents is 2. The SMILES string of the molecule is Nc1ccc(Oc2ccc(C3(c4ccc(Oc5ccc(N)c(O)c5F)cc4)c4ccccc4-c4ccccc43)cc2)c(F)c1O. The average Bonchev–Trinajstić information content (AvgIpc) is 3.37. The summed E-state index contributed by atoms with van der Waals surface area (Å²) in [6, 6.07) is 36.6. The van der Waals surface area contributed by atoms with Gasteiger partial charge in [0.2, 0.25) is 11.6 Å². The van der Waals surface area contributed by atoms with E-state index in [0.29, 0.717) is 11.5 Å². The molecule has 0 unspecified atom stereocenters. The predicted molar refractivity (Wildman–Crippen MR) is 169 cm³/mol. The molecule has 1 aliphatic carbocycles. The average molecular weight is 601 g/mol. The first-order chi connectivity index (χ1) is 21.8. The van der Waals surface area contributed by atoms with Crippen LogP contribution in [0.1, 0.15) is 22.3 Å². The molecule has 6 N–H and O–H groups in total. The molecule has 0 atom stereocenters. The molecule has 0 saturated carbocycles. The number of benzene rings is 6. The highest BCUT2D eigenvalue weighted by Crippen LogP contribution is 2.56. The van der Waals surface area contributed by atoms with E-state index in [4.69, 9.17) is 20.9 Å². The van der Waals surface area contributed by atoms with Gasteiger partial charge < -0.3 is 31.2 Å². The second kappa shape index (κ2) is 10.6. The third-order valence-electron chi connectivity index (χ3n) is 8.21. The van der Waals surface area contributed by atoms with Crippen molar-refractivity contribution in [2.45, 2.75) is 5.41 Å². The summed E-state index contributed by atoms with van der Waals surface area (Å²) in [7, 11) is 0. The molecular formula is C37H26F2N2O4. The summed E-state index contributed by atoms with van der Waals surface area (Å²) in [6.07, 6.45) is 0. The molecule has 0 heterocycles. The van der Waals surface area contributed by atoms with Crippen molar-refractivity contribution in [1.29, 1.82) is 0 Å². The van der Waals surface area contributed by atoms with Crippen molar-refractivity contribution in [3.63, 3.8) is 0 Å². The van der Waals surface area contributed by atoms with Gasteiger partial charge in [-0.3, -0.25) is 0 Å². The summed E-state index contributed by atoms with van der Waals surface area (Å²) in [5, 5.41) is 19.8. The molecule has 0 saturated heterocycles. The Morgan fingerprint density at radius 3 is 1.27 bits per heavy atom. The van der Waals surface area contributed by atoms with Gasteiger partial charge in [-0.15, -0.1) is 0 Å². The van der Waals surface area contributed by atoms with Crippen molar-refractivity contribution < 1.29 is 28.5 Å². The zero-order valence-electron chi connectivity index (χ0n) is 23.7. The number of aromatic hydroxyl groups is 2. The van der Waals surface area contributed by atoms with Gasteiger partial charge in [0, 0.05) is 0 Å². The minimum absolute atomic E-state index is 0.0798. The lowest BCUT2D eigenvalue weighted by Gasteiger charge is -2.34. The lowest BCUT2D eigenvalue weighted by atomic mass is 9.68. The van der Waals surface area contributed by atoms with E-state index in [9.17, 15) is 19.0 Å². The van der Waals surface area contributed by atoms with Crippen molar-refractivity contribution in [1.82, 2.24) is 0 Å². The summed E-state index contributed by atoms with van der Waals surface area (Å²) in [5.41, 5.74) is 16.5. The standard InChI is InChI=1S/C37H26F2N2O4/c38-33-31(19-17-29(40)35(33)42)44-23-13-9-21(10-14-23)37(27-7-3-1-5-25(27)26-6-2-4-8-28(26)37)22-11-15-24(16-12-22)45-32-20-18-30(41)36(43)34(32)39/h1-20,42-43H,40-41H2. The zero-order chi connectivity index (χ0) is 31.3. The molecule has 7 rings (SSSR count). The van der Waals surface area contributed by atoms with Crippen LogP contribution in [0.2, 0.25) is 0 Å². The summed E-state index contributed by atoms with van der Waals surface area (Å²) in [4.78, 5) is 0. The number of hydrogen-bond acceptors (Lipinski definition) is 6. The van der Waals surface area contributed by atoms with Crippen molar-refractivity contribution in [2.75, 3.05) is 11.5 Å². The van der Waals surface area contributed by atoms with E-state index >= 15 is 0 Å². The number of ether oxygens (including phenoxy) is 2.